The predicted octanol–water partition coefficient (Wildman–Crippen LogP) is 1.38. The summed E-state index contributed by atoms with van der Waals surface area (Å²) in [6.45, 7) is -0.0611. The molecule has 0 spiro atoms. The van der Waals surface area contributed by atoms with E-state index in [1.165, 1.54) is 7.11 Å². The number of benzene rings is 1. The highest BCUT2D eigenvalue weighted by Gasteiger charge is 2.31. The minimum atomic E-state index is -4.61. The first-order valence-electron chi connectivity index (χ1n) is 6.01. The number of nitrogens with one attached hydrogen (secondary N) is 1. The number of hydrogen-bond donors (Lipinski definition) is 2. The molecule has 9 heteroatoms. The topological polar surface area (TPSA) is 75.6 Å². The highest BCUT2D eigenvalue weighted by molar-refractivity contribution is 7.89. The summed E-state index contributed by atoms with van der Waals surface area (Å²) in [5, 5.41) is 9.36. The summed E-state index contributed by atoms with van der Waals surface area (Å²) < 4.78 is 68.1. The van der Waals surface area contributed by atoms with E-state index in [-0.39, 0.29) is 19.6 Å². The number of rotatable bonds is 7. The van der Waals surface area contributed by atoms with Gasteiger partial charge in [-0.15, -0.1) is 0 Å². The molecule has 2 N–H and O–H groups in total. The highest BCUT2D eigenvalue weighted by atomic mass is 32.2. The van der Waals surface area contributed by atoms with E-state index in [1.54, 1.807) is 0 Å². The maximum absolute atomic E-state index is 12.5. The third-order valence-electron chi connectivity index (χ3n) is 2.60. The van der Waals surface area contributed by atoms with Gasteiger partial charge in [0.1, 0.15) is 0 Å². The van der Waals surface area contributed by atoms with Crippen molar-refractivity contribution >= 4 is 10.0 Å². The first-order valence-corrected chi connectivity index (χ1v) is 7.49. The standard InChI is InChI=1S/C12H16F3NO4S/c1-20-8-10(17)5-6-16-21(18,19)11-4-2-3-9(7-11)12(13,14)15/h2-4,7,10,16-17H,5-6,8H2,1H3. The molecule has 120 valence electrons. The van der Waals surface area contributed by atoms with Crippen molar-refractivity contribution in [3.05, 3.63) is 29.8 Å². The lowest BCUT2D eigenvalue weighted by atomic mass is 10.2. The fraction of sp³-hybridized carbons (Fsp3) is 0.500. The van der Waals surface area contributed by atoms with Gasteiger partial charge in [0.15, 0.2) is 0 Å². The van der Waals surface area contributed by atoms with Crippen molar-refractivity contribution in [2.45, 2.75) is 23.6 Å². The highest BCUT2D eigenvalue weighted by Crippen LogP contribution is 2.30. The van der Waals surface area contributed by atoms with Crippen LogP contribution in [0.2, 0.25) is 0 Å². The van der Waals surface area contributed by atoms with Crippen molar-refractivity contribution in [2.24, 2.45) is 0 Å². The molecule has 0 bridgehead atoms. The normalized spacial score (nSPS) is 14.1. The van der Waals surface area contributed by atoms with Gasteiger partial charge in [0.2, 0.25) is 10.0 Å². The van der Waals surface area contributed by atoms with Crippen molar-refractivity contribution < 1.29 is 31.4 Å². The molecule has 5 nitrogen and oxygen atoms in total. The molecule has 1 aromatic carbocycles. The van der Waals surface area contributed by atoms with Crippen LogP contribution >= 0.6 is 0 Å². The van der Waals surface area contributed by atoms with Crippen molar-refractivity contribution in [1.82, 2.24) is 4.72 Å². The van der Waals surface area contributed by atoms with Crippen LogP contribution < -0.4 is 4.72 Å². The Morgan fingerprint density at radius 1 is 1.38 bits per heavy atom. The first-order chi connectivity index (χ1) is 9.66. The molecule has 0 aliphatic carbocycles. The van der Waals surface area contributed by atoms with Crippen LogP contribution in [0.5, 0.6) is 0 Å². The molecule has 0 aliphatic rings. The van der Waals surface area contributed by atoms with Gasteiger partial charge in [-0.2, -0.15) is 13.2 Å². The van der Waals surface area contributed by atoms with Crippen molar-refractivity contribution in [1.29, 1.82) is 0 Å². The van der Waals surface area contributed by atoms with Gasteiger partial charge in [-0.05, 0) is 24.6 Å². The maximum atomic E-state index is 12.5. The van der Waals surface area contributed by atoms with E-state index >= 15 is 0 Å². The molecule has 0 heterocycles. The summed E-state index contributed by atoms with van der Waals surface area (Å²) in [6.07, 6.45) is -5.37. The molecule has 0 fully saturated rings. The van der Waals surface area contributed by atoms with E-state index in [0.717, 1.165) is 18.2 Å². The van der Waals surface area contributed by atoms with E-state index < -0.39 is 32.8 Å². The predicted molar refractivity (Wildman–Crippen MR) is 69.1 cm³/mol. The summed E-state index contributed by atoms with van der Waals surface area (Å²) in [5.41, 5.74) is -1.04. The lowest BCUT2D eigenvalue weighted by Crippen LogP contribution is -2.28. The van der Waals surface area contributed by atoms with Gasteiger partial charge < -0.3 is 9.84 Å². The monoisotopic (exact) mass is 327 g/mol. The molecule has 1 unspecified atom stereocenters. The van der Waals surface area contributed by atoms with E-state index in [4.69, 9.17) is 0 Å². The van der Waals surface area contributed by atoms with Gasteiger partial charge in [-0.3, -0.25) is 0 Å². The number of aliphatic hydroxyl groups excluding tert-OH is 1. The van der Waals surface area contributed by atoms with Crippen LogP contribution in [-0.4, -0.2) is 39.9 Å². The lowest BCUT2D eigenvalue weighted by Gasteiger charge is -2.12. The molecule has 1 aromatic rings. The Labute approximate surface area is 120 Å². The maximum Gasteiger partial charge on any atom is 0.416 e. The molecule has 0 radical (unpaired) electrons. The Balaban J connectivity index is 2.75. The van der Waals surface area contributed by atoms with Crippen molar-refractivity contribution in [3.8, 4) is 0 Å². The number of methoxy groups -OCH3 is 1. The van der Waals surface area contributed by atoms with E-state index in [0.29, 0.717) is 6.07 Å². The zero-order valence-electron chi connectivity index (χ0n) is 11.2. The molecule has 1 atom stereocenters. The zero-order valence-corrected chi connectivity index (χ0v) is 12.0. The second kappa shape index (κ2) is 7.21. The molecular formula is C12H16F3NO4S. The zero-order chi connectivity index (χ0) is 16.1. The lowest BCUT2D eigenvalue weighted by molar-refractivity contribution is -0.137. The van der Waals surface area contributed by atoms with E-state index in [2.05, 4.69) is 9.46 Å². The molecule has 0 aromatic heterocycles. The Bertz CT molecular complexity index is 560. The molecule has 1 rings (SSSR count). The van der Waals surface area contributed by atoms with Crippen LogP contribution in [-0.2, 0) is 20.9 Å². The van der Waals surface area contributed by atoms with Crippen LogP contribution in [0.15, 0.2) is 29.2 Å². The summed E-state index contributed by atoms with van der Waals surface area (Å²) >= 11 is 0. The summed E-state index contributed by atoms with van der Waals surface area (Å²) in [5.74, 6) is 0. The van der Waals surface area contributed by atoms with Gasteiger partial charge in [-0.25, -0.2) is 13.1 Å². The Kier molecular flexibility index (Phi) is 6.14. The smallest absolute Gasteiger partial charge is 0.391 e. The second-order valence-electron chi connectivity index (χ2n) is 4.32. The van der Waals surface area contributed by atoms with Crippen LogP contribution in [0.1, 0.15) is 12.0 Å². The number of halogens is 3. The van der Waals surface area contributed by atoms with E-state index in [9.17, 15) is 26.7 Å². The van der Waals surface area contributed by atoms with Crippen molar-refractivity contribution in [3.63, 3.8) is 0 Å². The molecule has 0 aliphatic heterocycles. The van der Waals surface area contributed by atoms with Crippen LogP contribution in [0.4, 0.5) is 13.2 Å². The van der Waals surface area contributed by atoms with Crippen LogP contribution in [0, 0.1) is 0 Å². The second-order valence-corrected chi connectivity index (χ2v) is 6.09. The molecule has 21 heavy (non-hydrogen) atoms. The van der Waals surface area contributed by atoms with Crippen molar-refractivity contribution in [2.75, 3.05) is 20.3 Å². The Morgan fingerprint density at radius 3 is 2.62 bits per heavy atom. The molecular weight excluding hydrogens is 311 g/mol. The van der Waals surface area contributed by atoms with Gasteiger partial charge in [0, 0.05) is 13.7 Å². The molecule has 0 saturated heterocycles. The average Bonchev–Trinajstić information content (AvgIpc) is 2.38. The fourth-order valence-corrected chi connectivity index (χ4v) is 2.65. The van der Waals surface area contributed by atoms with Gasteiger partial charge in [0.25, 0.3) is 0 Å². The Morgan fingerprint density at radius 2 is 2.05 bits per heavy atom. The van der Waals surface area contributed by atoms with E-state index in [1.807, 2.05) is 0 Å². The SMILES string of the molecule is COCC(O)CCNS(=O)(=O)c1cccc(C(F)(F)F)c1. The van der Waals surface area contributed by atoms with Gasteiger partial charge >= 0.3 is 6.18 Å². The minimum absolute atomic E-state index is 0.0469. The number of alkyl halides is 3. The van der Waals surface area contributed by atoms with Gasteiger partial charge in [-0.1, -0.05) is 6.07 Å². The number of aliphatic hydroxyl groups is 1. The molecule has 0 amide bonds. The summed E-state index contributed by atoms with van der Waals surface area (Å²) in [7, 11) is -2.67. The Hall–Kier alpha value is -1.16. The first kappa shape index (κ1) is 17.9. The quantitative estimate of drug-likeness (QED) is 0.793. The van der Waals surface area contributed by atoms with Crippen LogP contribution in [0.3, 0.4) is 0 Å². The van der Waals surface area contributed by atoms with Crippen LogP contribution in [0.25, 0.3) is 0 Å². The summed E-state index contributed by atoms with van der Waals surface area (Å²) in [4.78, 5) is -0.474. The third kappa shape index (κ3) is 5.62. The molecule has 0 saturated carbocycles. The number of sulfonamides is 1. The number of ether oxygens (including phenoxy) is 1. The third-order valence-corrected chi connectivity index (χ3v) is 4.06. The average molecular weight is 327 g/mol. The summed E-state index contributed by atoms with van der Waals surface area (Å²) in [6, 6.07) is 3.45. The van der Waals surface area contributed by atoms with Gasteiger partial charge in [0.05, 0.1) is 23.2 Å². The number of hydrogen-bond acceptors (Lipinski definition) is 4. The largest absolute Gasteiger partial charge is 0.416 e. The fourth-order valence-electron chi connectivity index (χ4n) is 1.56. The minimum Gasteiger partial charge on any atom is -0.391 e.